The van der Waals surface area contributed by atoms with E-state index >= 15 is 0 Å². The Morgan fingerprint density at radius 1 is 1.00 bits per heavy atom. The van der Waals surface area contributed by atoms with Crippen LogP contribution in [0.25, 0.3) is 0 Å². The normalized spacial score (nSPS) is 17.1. The lowest BCUT2D eigenvalue weighted by atomic mass is 9.98. The first-order valence-electron chi connectivity index (χ1n) is 10.2. The van der Waals surface area contributed by atoms with Crippen molar-refractivity contribution in [2.45, 2.75) is 32.9 Å². The molecular weight excluding hydrogens is 366 g/mol. The third kappa shape index (κ3) is 3.65. The van der Waals surface area contributed by atoms with E-state index in [2.05, 4.69) is 35.0 Å². The number of amides is 1. The van der Waals surface area contributed by atoms with Gasteiger partial charge in [-0.2, -0.15) is 0 Å². The Morgan fingerprint density at radius 3 is 2.41 bits per heavy atom. The van der Waals surface area contributed by atoms with Crippen LogP contribution in [-0.2, 0) is 13.1 Å². The van der Waals surface area contributed by atoms with Crippen molar-refractivity contribution in [2.24, 2.45) is 0 Å². The van der Waals surface area contributed by atoms with Gasteiger partial charge in [0.05, 0.1) is 5.56 Å². The highest BCUT2D eigenvalue weighted by Crippen LogP contribution is 2.36. The Bertz CT molecular complexity index is 933. The second-order valence-electron chi connectivity index (χ2n) is 8.45. The summed E-state index contributed by atoms with van der Waals surface area (Å²) in [5.41, 5.74) is 4.50. The molecule has 2 aliphatic rings. The largest absolute Gasteiger partial charge is 0.508 e. The fourth-order valence-corrected chi connectivity index (χ4v) is 4.29. The number of anilines is 1. The molecule has 0 atom stereocenters. The van der Waals surface area contributed by atoms with Crippen molar-refractivity contribution in [3.8, 4) is 11.5 Å². The Hall–Kier alpha value is -2.73. The van der Waals surface area contributed by atoms with Crippen LogP contribution in [0.15, 0.2) is 30.3 Å². The number of phenolic OH excluding ortho intramolecular Hbond substituents is 2. The Kier molecular flexibility index (Phi) is 5.13. The van der Waals surface area contributed by atoms with E-state index in [4.69, 9.17) is 0 Å². The van der Waals surface area contributed by atoms with E-state index < -0.39 is 0 Å². The predicted octanol–water partition coefficient (Wildman–Crippen LogP) is 3.13. The molecule has 6 nitrogen and oxygen atoms in total. The highest BCUT2D eigenvalue weighted by Gasteiger charge is 2.30. The molecule has 0 spiro atoms. The van der Waals surface area contributed by atoms with E-state index in [0.29, 0.717) is 18.7 Å². The van der Waals surface area contributed by atoms with Gasteiger partial charge in [0.25, 0.3) is 5.91 Å². The SMILES string of the molecule is CC(C)c1cc(C(=O)N2Cc3cccc(N4CCN(C)CC4)c3C2)c(O)cc1O. The number of piperazine rings is 1. The second kappa shape index (κ2) is 7.59. The summed E-state index contributed by atoms with van der Waals surface area (Å²) in [6, 6.07) is 9.20. The average Bonchev–Trinajstić information content (AvgIpc) is 3.12. The van der Waals surface area contributed by atoms with E-state index in [1.54, 1.807) is 11.0 Å². The third-order valence-corrected chi connectivity index (χ3v) is 6.09. The number of rotatable bonds is 3. The van der Waals surface area contributed by atoms with Crippen LogP contribution in [0.4, 0.5) is 5.69 Å². The quantitative estimate of drug-likeness (QED) is 0.836. The molecule has 154 valence electrons. The van der Waals surface area contributed by atoms with Crippen molar-refractivity contribution in [3.63, 3.8) is 0 Å². The molecule has 2 aromatic carbocycles. The van der Waals surface area contributed by atoms with E-state index in [1.807, 2.05) is 13.8 Å². The number of nitrogens with zero attached hydrogens (tertiary/aromatic N) is 3. The molecule has 1 amide bonds. The highest BCUT2D eigenvalue weighted by atomic mass is 16.3. The van der Waals surface area contributed by atoms with Gasteiger partial charge >= 0.3 is 0 Å². The number of carbonyl (C=O) groups is 1. The minimum atomic E-state index is -0.204. The van der Waals surface area contributed by atoms with E-state index in [9.17, 15) is 15.0 Å². The van der Waals surface area contributed by atoms with Crippen LogP contribution in [0.3, 0.4) is 0 Å². The maximum atomic E-state index is 13.2. The number of likely N-dealkylation sites (N-methyl/N-ethyl adjacent to an activating group) is 1. The first kappa shape index (κ1) is 19.6. The van der Waals surface area contributed by atoms with Gasteiger partial charge in [0.1, 0.15) is 11.5 Å². The van der Waals surface area contributed by atoms with Crippen molar-refractivity contribution in [1.29, 1.82) is 0 Å². The summed E-state index contributed by atoms with van der Waals surface area (Å²) in [6.45, 7) is 9.01. The first-order chi connectivity index (χ1) is 13.8. The predicted molar refractivity (Wildman–Crippen MR) is 114 cm³/mol. The fourth-order valence-electron chi connectivity index (χ4n) is 4.29. The van der Waals surface area contributed by atoms with Crippen molar-refractivity contribution in [1.82, 2.24) is 9.80 Å². The zero-order valence-electron chi connectivity index (χ0n) is 17.4. The van der Waals surface area contributed by atoms with Crippen molar-refractivity contribution < 1.29 is 15.0 Å². The molecule has 0 saturated carbocycles. The standard InChI is InChI=1S/C23H29N3O3/c1-15(2)17-11-18(22(28)12-21(17)27)23(29)26-13-16-5-4-6-20(19(16)14-26)25-9-7-24(3)8-10-25/h4-6,11-12,15,27-28H,7-10,13-14H2,1-3H3. The minimum absolute atomic E-state index is 0.0242. The van der Waals surface area contributed by atoms with Gasteiger partial charge in [-0.05, 0) is 41.8 Å². The molecule has 2 aliphatic heterocycles. The third-order valence-electron chi connectivity index (χ3n) is 6.09. The van der Waals surface area contributed by atoms with Gasteiger partial charge in [-0.25, -0.2) is 0 Å². The molecule has 0 radical (unpaired) electrons. The number of hydrogen-bond acceptors (Lipinski definition) is 5. The molecule has 2 N–H and O–H groups in total. The first-order valence-corrected chi connectivity index (χ1v) is 10.2. The Morgan fingerprint density at radius 2 is 1.72 bits per heavy atom. The Balaban J connectivity index is 1.60. The number of fused-ring (bicyclic) bond motifs is 1. The van der Waals surface area contributed by atoms with Crippen LogP contribution in [0, 0.1) is 0 Å². The summed E-state index contributed by atoms with van der Waals surface area (Å²) in [5.74, 6) is -0.296. The number of hydrogen-bond donors (Lipinski definition) is 2. The fraction of sp³-hybridized carbons (Fsp3) is 0.435. The molecule has 0 bridgehead atoms. The summed E-state index contributed by atoms with van der Waals surface area (Å²) in [7, 11) is 2.14. The van der Waals surface area contributed by atoms with Crippen LogP contribution in [-0.4, -0.2) is 59.1 Å². The lowest BCUT2D eigenvalue weighted by molar-refractivity contribution is 0.0748. The molecule has 1 saturated heterocycles. The molecule has 0 aromatic heterocycles. The summed E-state index contributed by atoms with van der Waals surface area (Å²) < 4.78 is 0. The zero-order valence-corrected chi connectivity index (χ0v) is 17.4. The monoisotopic (exact) mass is 395 g/mol. The van der Waals surface area contributed by atoms with Crippen LogP contribution >= 0.6 is 0 Å². The number of benzene rings is 2. The maximum Gasteiger partial charge on any atom is 0.258 e. The van der Waals surface area contributed by atoms with Gasteiger partial charge < -0.3 is 24.9 Å². The molecule has 2 aromatic rings. The molecule has 29 heavy (non-hydrogen) atoms. The molecule has 6 heteroatoms. The number of aromatic hydroxyl groups is 2. The summed E-state index contributed by atoms with van der Waals surface area (Å²) in [4.78, 5) is 19.7. The van der Waals surface area contributed by atoms with Gasteiger partial charge in [0, 0.05) is 51.0 Å². The van der Waals surface area contributed by atoms with Crippen molar-refractivity contribution in [3.05, 3.63) is 52.6 Å². The van der Waals surface area contributed by atoms with Crippen LogP contribution < -0.4 is 4.90 Å². The minimum Gasteiger partial charge on any atom is -0.508 e. The van der Waals surface area contributed by atoms with Crippen molar-refractivity contribution in [2.75, 3.05) is 38.1 Å². The highest BCUT2D eigenvalue weighted by molar-refractivity contribution is 5.97. The van der Waals surface area contributed by atoms with Gasteiger partial charge in [0.2, 0.25) is 0 Å². The van der Waals surface area contributed by atoms with E-state index in [-0.39, 0.29) is 28.9 Å². The molecular formula is C23H29N3O3. The summed E-state index contributed by atoms with van der Waals surface area (Å²) in [5, 5.41) is 20.4. The zero-order chi connectivity index (χ0) is 20.7. The molecule has 2 heterocycles. The summed E-state index contributed by atoms with van der Waals surface area (Å²) >= 11 is 0. The molecule has 4 rings (SSSR count). The number of phenols is 2. The van der Waals surface area contributed by atoms with Crippen LogP contribution in [0.5, 0.6) is 11.5 Å². The average molecular weight is 396 g/mol. The van der Waals surface area contributed by atoms with Gasteiger partial charge in [-0.1, -0.05) is 26.0 Å². The topological polar surface area (TPSA) is 67.3 Å². The van der Waals surface area contributed by atoms with Gasteiger partial charge in [-0.15, -0.1) is 0 Å². The van der Waals surface area contributed by atoms with Gasteiger partial charge in [-0.3, -0.25) is 4.79 Å². The lowest BCUT2D eigenvalue weighted by Gasteiger charge is -2.35. The van der Waals surface area contributed by atoms with Crippen LogP contribution in [0.1, 0.15) is 46.8 Å². The van der Waals surface area contributed by atoms with Crippen molar-refractivity contribution >= 4 is 11.6 Å². The molecule has 0 unspecified atom stereocenters. The maximum absolute atomic E-state index is 13.2. The molecule has 0 aliphatic carbocycles. The van der Waals surface area contributed by atoms with E-state index in [1.165, 1.54) is 17.3 Å². The second-order valence-corrected chi connectivity index (χ2v) is 8.45. The van der Waals surface area contributed by atoms with E-state index in [0.717, 1.165) is 31.7 Å². The van der Waals surface area contributed by atoms with Gasteiger partial charge in [0.15, 0.2) is 0 Å². The van der Waals surface area contributed by atoms with Crippen LogP contribution in [0.2, 0.25) is 0 Å². The Labute approximate surface area is 172 Å². The lowest BCUT2D eigenvalue weighted by Crippen LogP contribution is -2.44. The summed E-state index contributed by atoms with van der Waals surface area (Å²) in [6.07, 6.45) is 0. The number of carbonyl (C=O) groups excluding carboxylic acids is 1. The smallest absolute Gasteiger partial charge is 0.258 e. The molecule has 1 fully saturated rings.